The van der Waals surface area contributed by atoms with E-state index in [2.05, 4.69) is 15.5 Å². The third-order valence-electron chi connectivity index (χ3n) is 5.03. The second-order valence-corrected chi connectivity index (χ2v) is 9.44. The number of thioether (sulfide) groups is 1. The van der Waals surface area contributed by atoms with Crippen LogP contribution in [0.3, 0.4) is 0 Å². The molecule has 0 aliphatic carbocycles. The van der Waals surface area contributed by atoms with Crippen LogP contribution in [0.2, 0.25) is 0 Å². The number of aromatic nitrogens is 2. The first-order valence-electron chi connectivity index (χ1n) is 9.51. The Bertz CT molecular complexity index is 1040. The summed E-state index contributed by atoms with van der Waals surface area (Å²) in [5.41, 5.74) is 1.57. The SMILES string of the molecule is CC(=O)N1CCC(NC(=O)c2oc3ccccc3c2CSc2nnc(C)s2)CC1. The van der Waals surface area contributed by atoms with Crippen LogP contribution in [0.1, 0.15) is 40.9 Å². The lowest BCUT2D eigenvalue weighted by Gasteiger charge is -2.31. The Balaban J connectivity index is 1.51. The van der Waals surface area contributed by atoms with Gasteiger partial charge in [0.15, 0.2) is 10.1 Å². The summed E-state index contributed by atoms with van der Waals surface area (Å²) in [4.78, 5) is 26.3. The Morgan fingerprint density at radius 1 is 1.28 bits per heavy atom. The molecule has 9 heteroatoms. The second kappa shape index (κ2) is 8.54. The highest BCUT2D eigenvalue weighted by Gasteiger charge is 2.26. The third kappa shape index (κ3) is 4.45. The van der Waals surface area contributed by atoms with Crippen LogP contribution in [-0.2, 0) is 10.5 Å². The molecule has 0 saturated carbocycles. The summed E-state index contributed by atoms with van der Waals surface area (Å²) in [6, 6.07) is 7.73. The topological polar surface area (TPSA) is 88.3 Å². The number of piperidine rings is 1. The normalized spacial score (nSPS) is 15.0. The van der Waals surface area contributed by atoms with Crippen molar-refractivity contribution in [3.63, 3.8) is 0 Å². The fourth-order valence-electron chi connectivity index (χ4n) is 3.49. The maximum absolute atomic E-state index is 13.0. The van der Waals surface area contributed by atoms with Gasteiger partial charge in [-0.15, -0.1) is 10.2 Å². The van der Waals surface area contributed by atoms with Crippen molar-refractivity contribution in [1.82, 2.24) is 20.4 Å². The van der Waals surface area contributed by atoms with Crippen molar-refractivity contribution >= 4 is 45.9 Å². The lowest BCUT2D eigenvalue weighted by Crippen LogP contribution is -2.46. The number of hydrogen-bond donors (Lipinski definition) is 1. The van der Waals surface area contributed by atoms with Gasteiger partial charge >= 0.3 is 0 Å². The lowest BCUT2D eigenvalue weighted by atomic mass is 10.0. The van der Waals surface area contributed by atoms with E-state index in [1.165, 1.54) is 11.3 Å². The van der Waals surface area contributed by atoms with Gasteiger partial charge in [0.05, 0.1) is 0 Å². The van der Waals surface area contributed by atoms with E-state index in [1.54, 1.807) is 18.7 Å². The van der Waals surface area contributed by atoms with E-state index >= 15 is 0 Å². The van der Waals surface area contributed by atoms with Crippen molar-refractivity contribution in [2.24, 2.45) is 0 Å². The Kier molecular flexibility index (Phi) is 5.86. The van der Waals surface area contributed by atoms with Crippen LogP contribution < -0.4 is 5.32 Å². The van der Waals surface area contributed by atoms with E-state index < -0.39 is 0 Å². The highest BCUT2D eigenvalue weighted by molar-refractivity contribution is 8.00. The first kappa shape index (κ1) is 19.9. The molecule has 29 heavy (non-hydrogen) atoms. The molecule has 3 heterocycles. The molecule has 1 aliphatic heterocycles. The van der Waals surface area contributed by atoms with Gasteiger partial charge < -0.3 is 14.6 Å². The average molecular weight is 431 g/mol. The number of nitrogens with one attached hydrogen (secondary N) is 1. The molecular formula is C20H22N4O3S2. The first-order chi connectivity index (χ1) is 14.0. The standard InChI is InChI=1S/C20H22N4O3S2/c1-12-22-23-20(29-12)28-11-16-15-5-3-4-6-17(15)27-18(16)19(26)21-14-7-9-24(10-8-14)13(2)25/h3-6,14H,7-11H2,1-2H3,(H,21,26). The van der Waals surface area contributed by atoms with Crippen LogP contribution in [0, 0.1) is 6.92 Å². The van der Waals surface area contributed by atoms with Crippen molar-refractivity contribution in [3.8, 4) is 0 Å². The van der Waals surface area contributed by atoms with Gasteiger partial charge in [-0.2, -0.15) is 0 Å². The predicted molar refractivity (Wildman–Crippen MR) is 113 cm³/mol. The third-order valence-corrected chi connectivity index (χ3v) is 7.03. The summed E-state index contributed by atoms with van der Waals surface area (Å²) in [5, 5.41) is 13.2. The summed E-state index contributed by atoms with van der Waals surface area (Å²) >= 11 is 3.09. The summed E-state index contributed by atoms with van der Waals surface area (Å²) in [5.74, 6) is 0.815. The fraction of sp³-hybridized carbons (Fsp3) is 0.400. The molecule has 0 bridgehead atoms. The molecule has 1 fully saturated rings. The van der Waals surface area contributed by atoms with Crippen LogP contribution in [-0.4, -0.2) is 46.0 Å². The minimum Gasteiger partial charge on any atom is -0.451 e. The number of carbonyl (C=O) groups excluding carboxylic acids is 2. The van der Waals surface area contributed by atoms with E-state index in [9.17, 15) is 9.59 Å². The van der Waals surface area contributed by atoms with Crippen LogP contribution >= 0.6 is 23.1 Å². The number of rotatable bonds is 5. The number of amides is 2. The van der Waals surface area contributed by atoms with E-state index in [-0.39, 0.29) is 17.9 Å². The van der Waals surface area contributed by atoms with Gasteiger partial charge in [0.25, 0.3) is 5.91 Å². The van der Waals surface area contributed by atoms with Crippen molar-refractivity contribution in [2.45, 2.75) is 42.8 Å². The molecule has 1 N–H and O–H groups in total. The van der Waals surface area contributed by atoms with E-state index in [0.29, 0.717) is 30.2 Å². The molecule has 0 radical (unpaired) electrons. The molecule has 1 saturated heterocycles. The zero-order valence-corrected chi connectivity index (χ0v) is 17.9. The molecule has 7 nitrogen and oxygen atoms in total. The van der Waals surface area contributed by atoms with Gasteiger partial charge in [0.1, 0.15) is 10.6 Å². The minimum atomic E-state index is -0.202. The van der Waals surface area contributed by atoms with Crippen molar-refractivity contribution in [3.05, 3.63) is 40.6 Å². The second-order valence-electron chi connectivity index (χ2n) is 7.04. The molecule has 2 aromatic heterocycles. The van der Waals surface area contributed by atoms with E-state index in [4.69, 9.17) is 4.42 Å². The zero-order valence-electron chi connectivity index (χ0n) is 16.3. The van der Waals surface area contributed by atoms with Gasteiger partial charge in [-0.05, 0) is 25.8 Å². The maximum Gasteiger partial charge on any atom is 0.287 e. The Morgan fingerprint density at radius 2 is 2.03 bits per heavy atom. The van der Waals surface area contributed by atoms with Gasteiger partial charge in [-0.1, -0.05) is 41.3 Å². The van der Waals surface area contributed by atoms with Crippen LogP contribution in [0.25, 0.3) is 11.0 Å². The molecule has 0 unspecified atom stereocenters. The quantitative estimate of drug-likeness (QED) is 0.622. The summed E-state index contributed by atoms with van der Waals surface area (Å²) in [6.07, 6.45) is 1.50. The molecule has 2 amide bonds. The first-order valence-corrected chi connectivity index (χ1v) is 11.3. The summed E-state index contributed by atoms with van der Waals surface area (Å²) < 4.78 is 6.80. The number of para-hydroxylation sites is 1. The Morgan fingerprint density at radius 3 is 2.72 bits per heavy atom. The molecule has 3 aromatic rings. The fourth-order valence-corrected chi connectivity index (χ4v) is 5.33. The number of nitrogens with zero attached hydrogens (tertiary/aromatic N) is 3. The van der Waals surface area contributed by atoms with E-state index in [1.807, 2.05) is 36.1 Å². The van der Waals surface area contributed by atoms with Crippen LogP contribution in [0.5, 0.6) is 0 Å². The highest BCUT2D eigenvalue weighted by Crippen LogP contribution is 2.33. The predicted octanol–water partition coefficient (Wildman–Crippen LogP) is 3.63. The molecule has 0 spiro atoms. The summed E-state index contributed by atoms with van der Waals surface area (Å²) in [7, 11) is 0. The average Bonchev–Trinajstić information content (AvgIpc) is 3.30. The largest absolute Gasteiger partial charge is 0.451 e. The van der Waals surface area contributed by atoms with Crippen LogP contribution in [0.4, 0.5) is 0 Å². The highest BCUT2D eigenvalue weighted by atomic mass is 32.2. The van der Waals surface area contributed by atoms with Gasteiger partial charge in [-0.25, -0.2) is 0 Å². The van der Waals surface area contributed by atoms with Crippen molar-refractivity contribution in [2.75, 3.05) is 13.1 Å². The van der Waals surface area contributed by atoms with Crippen molar-refractivity contribution < 1.29 is 14.0 Å². The Labute approximate surface area is 176 Å². The molecular weight excluding hydrogens is 408 g/mol. The number of benzene rings is 1. The monoisotopic (exact) mass is 430 g/mol. The molecule has 0 atom stereocenters. The van der Waals surface area contributed by atoms with Gasteiger partial charge in [0.2, 0.25) is 5.91 Å². The number of fused-ring (bicyclic) bond motifs is 1. The molecule has 152 valence electrons. The Hall–Kier alpha value is -2.39. The van der Waals surface area contributed by atoms with E-state index in [0.717, 1.165) is 33.1 Å². The smallest absolute Gasteiger partial charge is 0.287 e. The van der Waals surface area contributed by atoms with Crippen LogP contribution in [0.15, 0.2) is 33.0 Å². The minimum absolute atomic E-state index is 0.0395. The number of aryl methyl sites for hydroxylation is 1. The lowest BCUT2D eigenvalue weighted by molar-refractivity contribution is -0.129. The summed E-state index contributed by atoms with van der Waals surface area (Å²) in [6.45, 7) is 4.83. The zero-order chi connectivity index (χ0) is 20.4. The number of likely N-dealkylation sites (tertiary alicyclic amines) is 1. The molecule has 1 aliphatic rings. The molecule has 4 rings (SSSR count). The van der Waals surface area contributed by atoms with Gasteiger partial charge in [-0.3, -0.25) is 9.59 Å². The molecule has 1 aromatic carbocycles. The number of hydrogen-bond acceptors (Lipinski definition) is 7. The number of carbonyl (C=O) groups is 2. The maximum atomic E-state index is 13.0. The number of furan rings is 1. The van der Waals surface area contributed by atoms with Crippen molar-refractivity contribution in [1.29, 1.82) is 0 Å². The van der Waals surface area contributed by atoms with Gasteiger partial charge in [0, 0.05) is 42.8 Å².